The summed E-state index contributed by atoms with van der Waals surface area (Å²) in [6.45, 7) is 3.91. The van der Waals surface area contributed by atoms with Gasteiger partial charge in [-0.1, -0.05) is 30.3 Å². The summed E-state index contributed by atoms with van der Waals surface area (Å²) in [7, 11) is -3.77. The molecule has 0 aliphatic carbocycles. The molecule has 0 aliphatic rings. The highest BCUT2D eigenvalue weighted by Gasteiger charge is 2.18. The number of furan rings is 1. The highest BCUT2D eigenvalue weighted by molar-refractivity contribution is 7.89. The summed E-state index contributed by atoms with van der Waals surface area (Å²) in [5, 5.41) is 2.92. The van der Waals surface area contributed by atoms with Crippen LogP contribution in [0, 0.1) is 6.92 Å². The second-order valence-electron chi connectivity index (χ2n) is 6.48. The van der Waals surface area contributed by atoms with Gasteiger partial charge in [0.25, 0.3) is 5.91 Å². The third kappa shape index (κ3) is 4.68. The van der Waals surface area contributed by atoms with Crippen molar-refractivity contribution >= 4 is 15.9 Å². The van der Waals surface area contributed by atoms with Crippen LogP contribution in [0.15, 0.2) is 76.2 Å². The van der Waals surface area contributed by atoms with E-state index in [1.807, 2.05) is 38.1 Å². The SMILES string of the molecule is Cc1ccccc1C(C)NC(=O)c1cccc(S(=O)(=O)NCc2ccco2)c1. The minimum atomic E-state index is -3.77. The molecule has 0 spiro atoms. The second-order valence-corrected chi connectivity index (χ2v) is 8.25. The summed E-state index contributed by atoms with van der Waals surface area (Å²) < 4.78 is 32.6. The Labute approximate surface area is 164 Å². The Balaban J connectivity index is 1.73. The summed E-state index contributed by atoms with van der Waals surface area (Å²) in [5.74, 6) is 0.170. The Morgan fingerprint density at radius 2 is 1.86 bits per heavy atom. The summed E-state index contributed by atoms with van der Waals surface area (Å²) in [6.07, 6.45) is 1.48. The Bertz CT molecular complexity index is 1060. The Hall–Kier alpha value is -2.90. The highest BCUT2D eigenvalue weighted by atomic mass is 32.2. The van der Waals surface area contributed by atoms with Crippen molar-refractivity contribution in [3.63, 3.8) is 0 Å². The number of carbonyl (C=O) groups is 1. The van der Waals surface area contributed by atoms with Crippen LogP contribution < -0.4 is 10.0 Å². The van der Waals surface area contributed by atoms with Crippen LogP contribution in [0.25, 0.3) is 0 Å². The van der Waals surface area contributed by atoms with Gasteiger partial charge in [-0.15, -0.1) is 0 Å². The molecule has 3 aromatic rings. The van der Waals surface area contributed by atoms with Gasteiger partial charge >= 0.3 is 0 Å². The lowest BCUT2D eigenvalue weighted by Gasteiger charge is -2.17. The third-order valence-electron chi connectivity index (χ3n) is 4.43. The van der Waals surface area contributed by atoms with Crippen molar-refractivity contribution in [3.8, 4) is 0 Å². The van der Waals surface area contributed by atoms with Gasteiger partial charge in [0, 0.05) is 5.56 Å². The largest absolute Gasteiger partial charge is 0.468 e. The average molecular weight is 398 g/mol. The van der Waals surface area contributed by atoms with E-state index in [0.29, 0.717) is 5.76 Å². The van der Waals surface area contributed by atoms with Crippen LogP contribution in [-0.2, 0) is 16.6 Å². The van der Waals surface area contributed by atoms with Crippen molar-refractivity contribution in [1.29, 1.82) is 0 Å². The molecule has 1 amide bonds. The van der Waals surface area contributed by atoms with Gasteiger partial charge in [-0.25, -0.2) is 13.1 Å². The molecule has 0 saturated heterocycles. The van der Waals surface area contributed by atoms with E-state index in [1.54, 1.807) is 24.3 Å². The molecular formula is C21H22N2O4S. The first kappa shape index (κ1) is 19.9. The van der Waals surface area contributed by atoms with E-state index >= 15 is 0 Å². The number of rotatable bonds is 7. The van der Waals surface area contributed by atoms with Gasteiger partial charge < -0.3 is 9.73 Å². The number of amides is 1. The van der Waals surface area contributed by atoms with Crippen LogP contribution in [0.2, 0.25) is 0 Å². The highest BCUT2D eigenvalue weighted by Crippen LogP contribution is 2.18. The Kier molecular flexibility index (Phi) is 5.96. The lowest BCUT2D eigenvalue weighted by Crippen LogP contribution is -2.28. The number of hydrogen-bond acceptors (Lipinski definition) is 4. The van der Waals surface area contributed by atoms with Crippen LogP contribution in [0.4, 0.5) is 0 Å². The standard InChI is InChI=1S/C21H22N2O4S/c1-15-7-3-4-11-20(15)16(2)23-21(24)17-8-5-10-19(13-17)28(25,26)22-14-18-9-6-12-27-18/h3-13,16,22H,14H2,1-2H3,(H,23,24). The minimum absolute atomic E-state index is 0.0234. The number of aryl methyl sites for hydroxylation is 1. The Morgan fingerprint density at radius 3 is 2.57 bits per heavy atom. The smallest absolute Gasteiger partial charge is 0.251 e. The fourth-order valence-electron chi connectivity index (χ4n) is 2.90. The zero-order valence-electron chi connectivity index (χ0n) is 15.7. The maximum Gasteiger partial charge on any atom is 0.251 e. The van der Waals surface area contributed by atoms with E-state index in [-0.39, 0.29) is 29.0 Å². The van der Waals surface area contributed by atoms with Gasteiger partial charge in [0.2, 0.25) is 10.0 Å². The lowest BCUT2D eigenvalue weighted by molar-refractivity contribution is 0.0939. The van der Waals surface area contributed by atoms with Crippen LogP contribution in [0.1, 0.15) is 40.2 Å². The second kappa shape index (κ2) is 8.41. The van der Waals surface area contributed by atoms with Crippen molar-refractivity contribution in [2.45, 2.75) is 31.3 Å². The summed E-state index contributed by atoms with van der Waals surface area (Å²) in [6, 6.07) is 16.9. The molecule has 1 aromatic heterocycles. The fraction of sp³-hybridized carbons (Fsp3) is 0.190. The fourth-order valence-corrected chi connectivity index (χ4v) is 3.94. The molecule has 1 heterocycles. The summed E-state index contributed by atoms with van der Waals surface area (Å²) >= 11 is 0. The van der Waals surface area contributed by atoms with Crippen LogP contribution in [0.5, 0.6) is 0 Å². The number of sulfonamides is 1. The molecule has 0 aliphatic heterocycles. The maximum atomic E-state index is 12.6. The van der Waals surface area contributed by atoms with Crippen LogP contribution >= 0.6 is 0 Å². The quantitative estimate of drug-likeness (QED) is 0.637. The van der Waals surface area contributed by atoms with Gasteiger partial charge in [0.05, 0.1) is 23.7 Å². The first-order valence-corrected chi connectivity index (χ1v) is 10.3. The number of nitrogens with one attached hydrogen (secondary N) is 2. The van der Waals surface area contributed by atoms with Gasteiger partial charge in [0.15, 0.2) is 0 Å². The molecule has 146 valence electrons. The van der Waals surface area contributed by atoms with Crippen molar-refractivity contribution in [2.75, 3.05) is 0 Å². The zero-order valence-corrected chi connectivity index (χ0v) is 16.5. The number of carbonyl (C=O) groups excluding carboxylic acids is 1. The molecule has 0 saturated carbocycles. The first-order chi connectivity index (χ1) is 13.4. The predicted molar refractivity (Wildman–Crippen MR) is 106 cm³/mol. The number of benzene rings is 2. The molecule has 1 atom stereocenters. The van der Waals surface area contributed by atoms with E-state index in [4.69, 9.17) is 4.42 Å². The van der Waals surface area contributed by atoms with Crippen molar-refractivity contribution < 1.29 is 17.6 Å². The molecule has 2 N–H and O–H groups in total. The van der Waals surface area contributed by atoms with E-state index in [2.05, 4.69) is 10.0 Å². The molecule has 28 heavy (non-hydrogen) atoms. The average Bonchev–Trinajstić information content (AvgIpc) is 3.20. The maximum absolute atomic E-state index is 12.6. The molecule has 7 heteroatoms. The Morgan fingerprint density at radius 1 is 1.07 bits per heavy atom. The predicted octanol–water partition coefficient (Wildman–Crippen LogP) is 3.56. The minimum Gasteiger partial charge on any atom is -0.468 e. The monoisotopic (exact) mass is 398 g/mol. The molecule has 1 unspecified atom stereocenters. The topological polar surface area (TPSA) is 88.4 Å². The van der Waals surface area contributed by atoms with E-state index < -0.39 is 10.0 Å². The van der Waals surface area contributed by atoms with Gasteiger partial charge in [-0.3, -0.25) is 4.79 Å². The normalized spacial score (nSPS) is 12.5. The third-order valence-corrected chi connectivity index (χ3v) is 5.82. The van der Waals surface area contributed by atoms with E-state index in [9.17, 15) is 13.2 Å². The van der Waals surface area contributed by atoms with Gasteiger partial charge in [-0.2, -0.15) is 0 Å². The molecule has 0 bridgehead atoms. The van der Waals surface area contributed by atoms with E-state index in [0.717, 1.165) is 11.1 Å². The van der Waals surface area contributed by atoms with Crippen LogP contribution in [0.3, 0.4) is 0 Å². The number of hydrogen-bond donors (Lipinski definition) is 2. The molecular weight excluding hydrogens is 376 g/mol. The molecule has 3 rings (SSSR count). The lowest BCUT2D eigenvalue weighted by atomic mass is 10.0. The van der Waals surface area contributed by atoms with E-state index in [1.165, 1.54) is 18.4 Å². The zero-order chi connectivity index (χ0) is 20.1. The first-order valence-electron chi connectivity index (χ1n) is 8.85. The van der Waals surface area contributed by atoms with Gasteiger partial charge in [0.1, 0.15) is 5.76 Å². The molecule has 0 radical (unpaired) electrons. The van der Waals surface area contributed by atoms with Crippen LogP contribution in [-0.4, -0.2) is 14.3 Å². The van der Waals surface area contributed by atoms with Gasteiger partial charge in [-0.05, 0) is 55.3 Å². The summed E-state index contributed by atoms with van der Waals surface area (Å²) in [5.41, 5.74) is 2.37. The van der Waals surface area contributed by atoms with Crippen molar-refractivity contribution in [3.05, 3.63) is 89.4 Å². The summed E-state index contributed by atoms with van der Waals surface area (Å²) in [4.78, 5) is 12.6. The molecule has 2 aromatic carbocycles. The molecule has 6 nitrogen and oxygen atoms in total. The van der Waals surface area contributed by atoms with Crippen molar-refractivity contribution in [1.82, 2.24) is 10.0 Å². The van der Waals surface area contributed by atoms with Crippen molar-refractivity contribution in [2.24, 2.45) is 0 Å². The molecule has 0 fully saturated rings.